The van der Waals surface area contributed by atoms with Crippen molar-refractivity contribution in [1.29, 1.82) is 0 Å². The van der Waals surface area contributed by atoms with E-state index in [1.54, 1.807) is 0 Å². The van der Waals surface area contributed by atoms with Gasteiger partial charge in [-0.15, -0.1) is 11.3 Å². The highest BCUT2D eigenvalue weighted by Crippen LogP contribution is 2.31. The molecule has 2 N–H and O–H groups in total. The van der Waals surface area contributed by atoms with Gasteiger partial charge in [0.1, 0.15) is 0 Å². The van der Waals surface area contributed by atoms with Gasteiger partial charge in [0.05, 0.1) is 18.1 Å². The molecule has 0 saturated carbocycles. The Bertz CT molecular complexity index is 597. The second-order valence-corrected chi connectivity index (χ2v) is 7.04. The number of hydrogen-bond donors (Lipinski definition) is 2. The van der Waals surface area contributed by atoms with Gasteiger partial charge in [0.15, 0.2) is 0 Å². The van der Waals surface area contributed by atoms with Crippen molar-refractivity contribution in [2.24, 2.45) is 0 Å². The summed E-state index contributed by atoms with van der Waals surface area (Å²) in [5.74, 6) is 0. The summed E-state index contributed by atoms with van der Waals surface area (Å²) < 4.78 is 0. The van der Waals surface area contributed by atoms with Crippen molar-refractivity contribution < 1.29 is 0 Å². The third-order valence-electron chi connectivity index (χ3n) is 4.56. The molecule has 0 aromatic carbocycles. The number of H-pyrrole nitrogens is 1. The largest absolute Gasteiger partial charge is 0.348 e. The standard InChI is InChI=1S/C16H22N4S/c1-2-6-20(7-3-1)9-12-8-14(21-10-12)16-15-13(4-5-17-16)18-11-19-15/h8,10-11,16-17H,1-7,9H2,(H,18,19). The van der Waals surface area contributed by atoms with E-state index in [1.807, 2.05) is 17.7 Å². The first-order valence-electron chi connectivity index (χ1n) is 7.95. The molecular weight excluding hydrogens is 280 g/mol. The minimum absolute atomic E-state index is 0.278. The number of nitrogens with zero attached hydrogens (tertiary/aromatic N) is 2. The molecule has 0 bridgehead atoms. The van der Waals surface area contributed by atoms with Crippen LogP contribution in [0.5, 0.6) is 0 Å². The Morgan fingerprint density at radius 2 is 2.19 bits per heavy atom. The molecule has 2 aliphatic rings. The van der Waals surface area contributed by atoms with Crippen LogP contribution >= 0.6 is 11.3 Å². The zero-order valence-electron chi connectivity index (χ0n) is 12.3. The zero-order chi connectivity index (χ0) is 14.1. The first-order valence-corrected chi connectivity index (χ1v) is 8.83. The summed E-state index contributed by atoms with van der Waals surface area (Å²) >= 11 is 1.87. The Kier molecular flexibility index (Phi) is 3.80. The Morgan fingerprint density at radius 1 is 1.29 bits per heavy atom. The van der Waals surface area contributed by atoms with Gasteiger partial charge in [0.2, 0.25) is 0 Å². The smallest absolute Gasteiger partial charge is 0.0926 e. The molecule has 5 heteroatoms. The van der Waals surface area contributed by atoms with Gasteiger partial charge in [-0.05, 0) is 42.9 Å². The summed E-state index contributed by atoms with van der Waals surface area (Å²) in [4.78, 5) is 11.8. The van der Waals surface area contributed by atoms with E-state index in [4.69, 9.17) is 0 Å². The minimum Gasteiger partial charge on any atom is -0.348 e. The molecule has 2 aromatic rings. The third kappa shape index (κ3) is 2.78. The van der Waals surface area contributed by atoms with Crippen LogP contribution < -0.4 is 5.32 Å². The molecule has 0 spiro atoms. The van der Waals surface area contributed by atoms with Crippen LogP contribution in [0.2, 0.25) is 0 Å². The number of thiophene rings is 1. The van der Waals surface area contributed by atoms with Crippen LogP contribution in [0.15, 0.2) is 17.8 Å². The van der Waals surface area contributed by atoms with Crippen LogP contribution in [0.25, 0.3) is 0 Å². The van der Waals surface area contributed by atoms with E-state index in [1.165, 1.54) is 54.2 Å². The minimum atomic E-state index is 0.278. The number of nitrogens with one attached hydrogen (secondary N) is 2. The molecular formula is C16H22N4S. The first kappa shape index (κ1) is 13.5. The number of aromatic amines is 1. The molecule has 1 unspecified atom stereocenters. The topological polar surface area (TPSA) is 44.0 Å². The molecule has 1 atom stereocenters. The van der Waals surface area contributed by atoms with E-state index >= 15 is 0 Å². The van der Waals surface area contributed by atoms with Crippen molar-refractivity contribution in [2.75, 3.05) is 19.6 Å². The van der Waals surface area contributed by atoms with Gasteiger partial charge in [0.25, 0.3) is 0 Å². The fourth-order valence-electron chi connectivity index (χ4n) is 3.46. The number of aromatic nitrogens is 2. The Morgan fingerprint density at radius 3 is 3.10 bits per heavy atom. The fraction of sp³-hybridized carbons (Fsp3) is 0.562. The summed E-state index contributed by atoms with van der Waals surface area (Å²) in [6, 6.07) is 2.65. The lowest BCUT2D eigenvalue weighted by atomic mass is 10.0. The predicted molar refractivity (Wildman–Crippen MR) is 85.6 cm³/mol. The summed E-state index contributed by atoms with van der Waals surface area (Å²) in [5, 5.41) is 5.93. The van der Waals surface area contributed by atoms with Crippen LogP contribution in [-0.2, 0) is 13.0 Å². The third-order valence-corrected chi connectivity index (χ3v) is 5.61. The van der Waals surface area contributed by atoms with Gasteiger partial charge < -0.3 is 10.3 Å². The van der Waals surface area contributed by atoms with E-state index in [0.29, 0.717) is 0 Å². The number of fused-ring (bicyclic) bond motifs is 1. The van der Waals surface area contributed by atoms with Crippen LogP contribution in [0, 0.1) is 0 Å². The molecule has 4 rings (SSSR count). The molecule has 2 aromatic heterocycles. The van der Waals surface area contributed by atoms with Crippen LogP contribution in [0.3, 0.4) is 0 Å². The second-order valence-electron chi connectivity index (χ2n) is 6.10. The van der Waals surface area contributed by atoms with Gasteiger partial charge in [-0.2, -0.15) is 0 Å². The quantitative estimate of drug-likeness (QED) is 0.916. The van der Waals surface area contributed by atoms with E-state index in [9.17, 15) is 0 Å². The van der Waals surface area contributed by atoms with Gasteiger partial charge >= 0.3 is 0 Å². The number of piperidine rings is 1. The number of imidazole rings is 1. The molecule has 21 heavy (non-hydrogen) atoms. The lowest BCUT2D eigenvalue weighted by Gasteiger charge is -2.26. The van der Waals surface area contributed by atoms with Crippen molar-refractivity contribution in [3.05, 3.63) is 39.6 Å². The Balaban J connectivity index is 1.50. The van der Waals surface area contributed by atoms with Crippen molar-refractivity contribution in [3.8, 4) is 0 Å². The van der Waals surface area contributed by atoms with Gasteiger partial charge in [-0.3, -0.25) is 4.90 Å². The highest BCUT2D eigenvalue weighted by atomic mass is 32.1. The predicted octanol–water partition coefficient (Wildman–Crippen LogP) is 2.69. The van der Waals surface area contributed by atoms with Gasteiger partial charge in [-0.25, -0.2) is 4.98 Å². The molecule has 4 heterocycles. The summed E-state index contributed by atoms with van der Waals surface area (Å²) in [7, 11) is 0. The Hall–Kier alpha value is -1.17. The maximum absolute atomic E-state index is 4.52. The van der Waals surface area contributed by atoms with E-state index in [-0.39, 0.29) is 6.04 Å². The van der Waals surface area contributed by atoms with E-state index < -0.39 is 0 Å². The molecule has 1 saturated heterocycles. The molecule has 2 aliphatic heterocycles. The number of rotatable bonds is 3. The average Bonchev–Trinajstić information content (AvgIpc) is 3.16. The lowest BCUT2D eigenvalue weighted by molar-refractivity contribution is 0.221. The average molecular weight is 302 g/mol. The van der Waals surface area contributed by atoms with E-state index in [2.05, 4.69) is 31.6 Å². The van der Waals surface area contributed by atoms with Crippen molar-refractivity contribution in [3.63, 3.8) is 0 Å². The number of likely N-dealkylation sites (tertiary alicyclic amines) is 1. The SMILES string of the molecule is c1nc2c([nH]1)CCNC2c1cc(CN2CCCCC2)cs1. The van der Waals surface area contributed by atoms with Gasteiger partial charge in [-0.1, -0.05) is 6.42 Å². The molecule has 0 amide bonds. The van der Waals surface area contributed by atoms with Crippen molar-refractivity contribution in [2.45, 2.75) is 38.3 Å². The molecule has 4 nitrogen and oxygen atoms in total. The second kappa shape index (κ2) is 5.91. The molecule has 0 aliphatic carbocycles. The number of hydrogen-bond acceptors (Lipinski definition) is 4. The Labute approximate surface area is 129 Å². The van der Waals surface area contributed by atoms with Gasteiger partial charge in [0, 0.05) is 30.1 Å². The van der Waals surface area contributed by atoms with Crippen LogP contribution in [0.4, 0.5) is 0 Å². The first-order chi connectivity index (χ1) is 10.4. The summed E-state index contributed by atoms with van der Waals surface area (Å²) in [6.45, 7) is 4.66. The van der Waals surface area contributed by atoms with E-state index in [0.717, 1.165) is 19.5 Å². The van der Waals surface area contributed by atoms with Crippen LogP contribution in [0.1, 0.15) is 47.1 Å². The summed E-state index contributed by atoms with van der Waals surface area (Å²) in [5.41, 5.74) is 3.94. The van der Waals surface area contributed by atoms with Crippen LogP contribution in [-0.4, -0.2) is 34.5 Å². The molecule has 0 radical (unpaired) electrons. The molecule has 1 fully saturated rings. The normalized spacial score (nSPS) is 23.1. The summed E-state index contributed by atoms with van der Waals surface area (Å²) in [6.07, 6.45) is 7.00. The monoisotopic (exact) mass is 302 g/mol. The fourth-order valence-corrected chi connectivity index (χ4v) is 4.44. The maximum Gasteiger partial charge on any atom is 0.0926 e. The van der Waals surface area contributed by atoms with Crippen molar-refractivity contribution in [1.82, 2.24) is 20.2 Å². The highest BCUT2D eigenvalue weighted by Gasteiger charge is 2.25. The lowest BCUT2D eigenvalue weighted by Crippen LogP contribution is -2.30. The van der Waals surface area contributed by atoms with Crippen molar-refractivity contribution >= 4 is 11.3 Å². The zero-order valence-corrected chi connectivity index (χ0v) is 13.1. The highest BCUT2D eigenvalue weighted by molar-refractivity contribution is 7.10. The maximum atomic E-state index is 4.52. The molecule has 112 valence electrons.